The van der Waals surface area contributed by atoms with Crippen molar-refractivity contribution in [1.82, 2.24) is 4.98 Å². The van der Waals surface area contributed by atoms with Crippen molar-refractivity contribution in [3.63, 3.8) is 0 Å². The van der Waals surface area contributed by atoms with Crippen LogP contribution in [0.3, 0.4) is 0 Å². The molecule has 0 aromatic carbocycles. The van der Waals surface area contributed by atoms with Gasteiger partial charge < -0.3 is 0 Å². The highest BCUT2D eigenvalue weighted by atomic mass is 15.0. The van der Waals surface area contributed by atoms with Crippen molar-refractivity contribution in [1.29, 1.82) is 10.5 Å². The van der Waals surface area contributed by atoms with Gasteiger partial charge in [0.1, 0.15) is 6.07 Å². The van der Waals surface area contributed by atoms with Crippen molar-refractivity contribution in [2.24, 2.45) is 0 Å². The summed E-state index contributed by atoms with van der Waals surface area (Å²) >= 11 is 0. The molecule has 0 saturated carbocycles. The molecule has 0 saturated heterocycles. The third-order valence-electron chi connectivity index (χ3n) is 2.28. The van der Waals surface area contributed by atoms with Gasteiger partial charge in [0.15, 0.2) is 12.0 Å². The normalized spacial score (nSPS) is 8.93. The zero-order valence-corrected chi connectivity index (χ0v) is 8.34. The summed E-state index contributed by atoms with van der Waals surface area (Å²) in [5, 5.41) is 19.8. The first kappa shape index (κ1) is 10.0. The number of pyridine rings is 1. The second-order valence-corrected chi connectivity index (χ2v) is 3.02. The minimum absolute atomic E-state index is 0.343. The number of nitrogens with zero attached hydrogens (tertiary/aromatic N) is 3. The quantitative estimate of drug-likeness (QED) is 0.536. The number of aryl methyl sites for hydroxylation is 1. The molecular formula is C10H10N4. The van der Waals surface area contributed by atoms with E-state index < -0.39 is 0 Å². The van der Waals surface area contributed by atoms with Crippen molar-refractivity contribution < 1.29 is 0 Å². The number of hydrogen-bond acceptors (Lipinski definition) is 4. The summed E-state index contributed by atoms with van der Waals surface area (Å²) in [6.07, 6.45) is 1.77. The molecule has 70 valence electrons. The van der Waals surface area contributed by atoms with Gasteiger partial charge in [-0.15, -0.1) is 0 Å². The summed E-state index contributed by atoms with van der Waals surface area (Å²) in [4.78, 5) is 4.14. The van der Waals surface area contributed by atoms with E-state index in [-0.39, 0.29) is 0 Å². The van der Waals surface area contributed by atoms with Crippen LogP contribution in [0.5, 0.6) is 0 Å². The molecule has 14 heavy (non-hydrogen) atoms. The lowest BCUT2D eigenvalue weighted by atomic mass is 10.0. The lowest BCUT2D eigenvalue weighted by Crippen LogP contribution is -2.02. The average Bonchev–Trinajstić information content (AvgIpc) is 2.16. The van der Waals surface area contributed by atoms with Gasteiger partial charge in [0.2, 0.25) is 0 Å². The Balaban J connectivity index is 3.47. The molecule has 1 aromatic rings. The molecule has 1 heterocycles. The second-order valence-electron chi connectivity index (χ2n) is 3.02. The third-order valence-corrected chi connectivity index (χ3v) is 2.28. The Morgan fingerprint density at radius 1 is 1.14 bits per heavy atom. The summed E-state index contributed by atoms with van der Waals surface area (Å²) in [6, 6.07) is 2.04. The molecule has 0 atom stereocenters. The van der Waals surface area contributed by atoms with Crippen LogP contribution in [-0.4, -0.2) is 4.98 Å². The van der Waals surface area contributed by atoms with Crippen molar-refractivity contribution in [2.75, 3.05) is 5.32 Å². The zero-order chi connectivity index (χ0) is 10.7. The minimum atomic E-state index is 0.343. The van der Waals surface area contributed by atoms with Gasteiger partial charge in [-0.25, -0.2) is 4.98 Å². The van der Waals surface area contributed by atoms with E-state index in [1.807, 2.05) is 26.8 Å². The van der Waals surface area contributed by atoms with Crippen molar-refractivity contribution in [3.05, 3.63) is 22.4 Å². The van der Waals surface area contributed by atoms with Crippen LogP contribution >= 0.6 is 0 Å². The third kappa shape index (κ3) is 1.51. The van der Waals surface area contributed by atoms with E-state index in [9.17, 15) is 0 Å². The minimum Gasteiger partial charge on any atom is -0.276 e. The van der Waals surface area contributed by atoms with Crippen LogP contribution in [-0.2, 0) is 0 Å². The molecule has 4 nitrogen and oxygen atoms in total. The van der Waals surface area contributed by atoms with E-state index in [0.717, 1.165) is 16.8 Å². The average molecular weight is 186 g/mol. The Labute approximate surface area is 82.8 Å². The van der Waals surface area contributed by atoms with E-state index in [0.29, 0.717) is 11.4 Å². The Morgan fingerprint density at radius 3 is 2.29 bits per heavy atom. The van der Waals surface area contributed by atoms with Crippen LogP contribution in [0.4, 0.5) is 5.82 Å². The van der Waals surface area contributed by atoms with Gasteiger partial charge in [0, 0.05) is 5.69 Å². The standard InChI is InChI=1S/C10H10N4/c1-6-7(2)9(4-11)10(13-5-12)14-8(6)3/h1-3H3,(H,13,14). The molecule has 0 bridgehead atoms. The molecule has 0 aliphatic rings. The first-order valence-electron chi connectivity index (χ1n) is 4.14. The van der Waals surface area contributed by atoms with Gasteiger partial charge in [0.05, 0.1) is 5.56 Å². The predicted molar refractivity (Wildman–Crippen MR) is 52.4 cm³/mol. The van der Waals surface area contributed by atoms with E-state index in [1.54, 1.807) is 6.19 Å². The van der Waals surface area contributed by atoms with Crippen molar-refractivity contribution >= 4 is 5.82 Å². The van der Waals surface area contributed by atoms with Gasteiger partial charge >= 0.3 is 0 Å². The number of aromatic nitrogens is 1. The Morgan fingerprint density at radius 2 is 1.79 bits per heavy atom. The zero-order valence-electron chi connectivity index (χ0n) is 8.34. The molecule has 1 rings (SSSR count). The maximum atomic E-state index is 8.90. The molecule has 0 spiro atoms. The molecule has 0 aliphatic carbocycles. The van der Waals surface area contributed by atoms with Crippen molar-refractivity contribution in [2.45, 2.75) is 20.8 Å². The summed E-state index contributed by atoms with van der Waals surface area (Å²) in [7, 11) is 0. The van der Waals surface area contributed by atoms with Gasteiger partial charge in [0.25, 0.3) is 0 Å². The highest BCUT2D eigenvalue weighted by Gasteiger charge is 2.11. The molecule has 1 aromatic heterocycles. The van der Waals surface area contributed by atoms with E-state index in [1.165, 1.54) is 0 Å². The number of nitrogens with one attached hydrogen (secondary N) is 1. The molecule has 4 heteroatoms. The second kappa shape index (κ2) is 3.76. The SMILES string of the molecule is Cc1nc(NC#N)c(C#N)c(C)c1C. The smallest absolute Gasteiger partial charge is 0.182 e. The topological polar surface area (TPSA) is 72.5 Å². The fraction of sp³-hybridized carbons (Fsp3) is 0.300. The first-order valence-corrected chi connectivity index (χ1v) is 4.14. The fourth-order valence-electron chi connectivity index (χ4n) is 1.22. The predicted octanol–water partition coefficient (Wildman–Crippen LogP) is 1.77. The lowest BCUT2D eigenvalue weighted by molar-refractivity contribution is 1.11. The largest absolute Gasteiger partial charge is 0.276 e. The van der Waals surface area contributed by atoms with Gasteiger partial charge in [-0.3, -0.25) is 5.32 Å². The van der Waals surface area contributed by atoms with Gasteiger partial charge in [-0.05, 0) is 31.9 Å². The van der Waals surface area contributed by atoms with E-state index in [4.69, 9.17) is 10.5 Å². The van der Waals surface area contributed by atoms with Crippen LogP contribution < -0.4 is 5.32 Å². The summed E-state index contributed by atoms with van der Waals surface area (Å²) in [5.74, 6) is 0.343. The summed E-state index contributed by atoms with van der Waals surface area (Å²) in [5.41, 5.74) is 3.14. The van der Waals surface area contributed by atoms with Crippen LogP contribution in [0.2, 0.25) is 0 Å². The molecule has 0 unspecified atom stereocenters. The van der Waals surface area contributed by atoms with Crippen molar-refractivity contribution in [3.8, 4) is 12.3 Å². The van der Waals surface area contributed by atoms with Gasteiger partial charge in [-0.2, -0.15) is 10.5 Å². The van der Waals surface area contributed by atoms with E-state index >= 15 is 0 Å². The monoisotopic (exact) mass is 186 g/mol. The van der Waals surface area contributed by atoms with Crippen LogP contribution in [0.1, 0.15) is 22.4 Å². The molecule has 0 aliphatic heterocycles. The highest BCUT2D eigenvalue weighted by molar-refractivity contribution is 5.60. The fourth-order valence-corrected chi connectivity index (χ4v) is 1.22. The summed E-state index contributed by atoms with van der Waals surface area (Å²) in [6.45, 7) is 5.62. The molecule has 0 radical (unpaired) electrons. The van der Waals surface area contributed by atoms with Crippen LogP contribution in [0, 0.1) is 43.6 Å². The number of anilines is 1. The molecule has 0 fully saturated rings. The lowest BCUT2D eigenvalue weighted by Gasteiger charge is -2.09. The number of hydrogen-bond donors (Lipinski definition) is 1. The highest BCUT2D eigenvalue weighted by Crippen LogP contribution is 2.21. The molecule has 1 N–H and O–H groups in total. The molecular weight excluding hydrogens is 176 g/mol. The number of rotatable bonds is 1. The maximum absolute atomic E-state index is 8.90. The Bertz CT molecular complexity index is 449. The Kier molecular flexibility index (Phi) is 2.69. The Hall–Kier alpha value is -2.07. The summed E-state index contributed by atoms with van der Waals surface area (Å²) < 4.78 is 0. The van der Waals surface area contributed by atoms with Gasteiger partial charge in [-0.1, -0.05) is 0 Å². The van der Waals surface area contributed by atoms with Crippen LogP contribution in [0.15, 0.2) is 0 Å². The number of nitriles is 2. The van der Waals surface area contributed by atoms with Crippen LogP contribution in [0.25, 0.3) is 0 Å². The van der Waals surface area contributed by atoms with E-state index in [2.05, 4.69) is 10.3 Å². The molecule has 0 amide bonds. The first-order chi connectivity index (χ1) is 6.61. The maximum Gasteiger partial charge on any atom is 0.182 e.